The van der Waals surface area contributed by atoms with E-state index >= 15 is 0 Å². The van der Waals surface area contributed by atoms with E-state index in [0.717, 1.165) is 27.0 Å². The second-order valence-electron chi connectivity index (χ2n) is 4.87. The van der Waals surface area contributed by atoms with Crippen LogP contribution in [0.4, 0.5) is 5.69 Å². The molecule has 0 aliphatic carbocycles. The molecule has 0 saturated heterocycles. The summed E-state index contributed by atoms with van der Waals surface area (Å²) in [6, 6.07) is 13.5. The van der Waals surface area contributed by atoms with Gasteiger partial charge >= 0.3 is 0 Å². The van der Waals surface area contributed by atoms with Gasteiger partial charge in [0.2, 0.25) is 5.91 Å². The number of halogens is 1. The zero-order valence-electron chi connectivity index (χ0n) is 12.2. The maximum atomic E-state index is 12.0. The lowest BCUT2D eigenvalue weighted by molar-refractivity contribution is -0.116. The number of rotatable bonds is 5. The summed E-state index contributed by atoms with van der Waals surface area (Å²) in [7, 11) is 0. The molecule has 21 heavy (non-hydrogen) atoms. The lowest BCUT2D eigenvalue weighted by Gasteiger charge is -2.12. The molecule has 3 nitrogen and oxygen atoms in total. The Balaban J connectivity index is 1.88. The summed E-state index contributed by atoms with van der Waals surface area (Å²) >= 11 is 3.45. The minimum atomic E-state index is -0.0422. The first-order valence-corrected chi connectivity index (χ1v) is 7.60. The first-order valence-electron chi connectivity index (χ1n) is 6.80. The van der Waals surface area contributed by atoms with Crippen molar-refractivity contribution in [1.82, 2.24) is 0 Å². The lowest BCUT2D eigenvalue weighted by atomic mass is 10.1. The third kappa shape index (κ3) is 4.60. The summed E-state index contributed by atoms with van der Waals surface area (Å²) in [5, 5.41) is 2.95. The molecule has 0 aromatic heterocycles. The summed E-state index contributed by atoms with van der Waals surface area (Å²) in [4.78, 5) is 12.0. The van der Waals surface area contributed by atoms with E-state index in [1.807, 2.05) is 56.3 Å². The molecule has 0 atom stereocenters. The Morgan fingerprint density at radius 1 is 1.14 bits per heavy atom. The molecular weight excluding hydrogens is 330 g/mol. The monoisotopic (exact) mass is 347 g/mol. The first kappa shape index (κ1) is 15.6. The number of anilines is 1. The van der Waals surface area contributed by atoms with Crippen molar-refractivity contribution in [3.63, 3.8) is 0 Å². The molecule has 0 unspecified atom stereocenters. The average Bonchev–Trinajstić information content (AvgIpc) is 2.44. The van der Waals surface area contributed by atoms with Gasteiger partial charge in [0.1, 0.15) is 5.75 Å². The first-order chi connectivity index (χ1) is 10.1. The van der Waals surface area contributed by atoms with Crippen molar-refractivity contribution >= 4 is 27.5 Å². The molecule has 1 amide bonds. The highest BCUT2D eigenvalue weighted by molar-refractivity contribution is 9.10. The van der Waals surface area contributed by atoms with E-state index in [0.29, 0.717) is 13.0 Å². The van der Waals surface area contributed by atoms with Crippen LogP contribution in [0.1, 0.15) is 17.5 Å². The summed E-state index contributed by atoms with van der Waals surface area (Å²) in [5.74, 6) is 0.737. The van der Waals surface area contributed by atoms with Gasteiger partial charge in [-0.1, -0.05) is 34.1 Å². The van der Waals surface area contributed by atoms with Gasteiger partial charge in [0.25, 0.3) is 0 Å². The van der Waals surface area contributed by atoms with Crippen molar-refractivity contribution in [2.75, 3.05) is 11.9 Å². The molecule has 0 saturated carbocycles. The molecule has 0 aliphatic heterocycles. The quantitative estimate of drug-likeness (QED) is 0.866. The van der Waals surface area contributed by atoms with Crippen LogP contribution in [-0.2, 0) is 4.79 Å². The van der Waals surface area contributed by atoms with Crippen LogP contribution >= 0.6 is 15.9 Å². The molecule has 0 fully saturated rings. The maximum Gasteiger partial charge on any atom is 0.227 e. The van der Waals surface area contributed by atoms with Gasteiger partial charge in [-0.05, 0) is 49.2 Å². The van der Waals surface area contributed by atoms with Crippen LogP contribution in [0, 0.1) is 13.8 Å². The van der Waals surface area contributed by atoms with Crippen molar-refractivity contribution in [3.8, 4) is 5.75 Å². The SMILES string of the molecule is Cc1cc(Br)cc(C)c1NC(=O)CCOc1ccccc1. The summed E-state index contributed by atoms with van der Waals surface area (Å²) in [5.41, 5.74) is 2.96. The van der Waals surface area contributed by atoms with Crippen molar-refractivity contribution in [2.45, 2.75) is 20.3 Å². The van der Waals surface area contributed by atoms with Gasteiger partial charge in [0, 0.05) is 10.2 Å². The Morgan fingerprint density at radius 3 is 2.38 bits per heavy atom. The standard InChI is InChI=1S/C17H18BrNO2/c1-12-10-14(18)11-13(2)17(12)19-16(20)8-9-21-15-6-4-3-5-7-15/h3-7,10-11H,8-9H2,1-2H3,(H,19,20). The number of benzene rings is 2. The number of amides is 1. The third-order valence-electron chi connectivity index (χ3n) is 3.10. The zero-order chi connectivity index (χ0) is 15.2. The van der Waals surface area contributed by atoms with Gasteiger partial charge in [0.05, 0.1) is 13.0 Å². The normalized spacial score (nSPS) is 10.2. The highest BCUT2D eigenvalue weighted by Crippen LogP contribution is 2.25. The predicted molar refractivity (Wildman–Crippen MR) is 88.8 cm³/mol. The minimum absolute atomic E-state index is 0.0422. The van der Waals surface area contributed by atoms with Crippen molar-refractivity contribution in [3.05, 3.63) is 58.1 Å². The van der Waals surface area contributed by atoms with E-state index in [4.69, 9.17) is 4.74 Å². The van der Waals surface area contributed by atoms with Crippen LogP contribution in [0.3, 0.4) is 0 Å². The number of hydrogen-bond acceptors (Lipinski definition) is 2. The topological polar surface area (TPSA) is 38.3 Å². The molecule has 0 spiro atoms. The summed E-state index contributed by atoms with van der Waals surface area (Å²) in [6.45, 7) is 4.33. The Labute approximate surface area is 133 Å². The molecular formula is C17H18BrNO2. The molecule has 1 N–H and O–H groups in total. The van der Waals surface area contributed by atoms with E-state index in [2.05, 4.69) is 21.2 Å². The average molecular weight is 348 g/mol. The Hall–Kier alpha value is -1.81. The minimum Gasteiger partial charge on any atom is -0.493 e. The zero-order valence-corrected chi connectivity index (χ0v) is 13.7. The molecule has 0 radical (unpaired) electrons. The summed E-state index contributed by atoms with van der Waals surface area (Å²) in [6.07, 6.45) is 0.323. The van der Waals surface area contributed by atoms with Crippen molar-refractivity contribution < 1.29 is 9.53 Å². The number of carbonyl (C=O) groups is 1. The van der Waals surface area contributed by atoms with Gasteiger partial charge in [0.15, 0.2) is 0 Å². The largest absolute Gasteiger partial charge is 0.493 e. The van der Waals surface area contributed by atoms with Crippen molar-refractivity contribution in [1.29, 1.82) is 0 Å². The van der Waals surface area contributed by atoms with Crippen LogP contribution in [0.25, 0.3) is 0 Å². The van der Waals surface area contributed by atoms with E-state index in [9.17, 15) is 4.79 Å². The fourth-order valence-electron chi connectivity index (χ4n) is 2.09. The number of para-hydroxylation sites is 1. The van der Waals surface area contributed by atoms with Gasteiger partial charge in [-0.3, -0.25) is 4.79 Å². The molecule has 2 aromatic carbocycles. The second-order valence-corrected chi connectivity index (χ2v) is 5.79. The van der Waals surface area contributed by atoms with Crippen LogP contribution < -0.4 is 10.1 Å². The fourth-order valence-corrected chi connectivity index (χ4v) is 2.77. The number of aryl methyl sites for hydroxylation is 2. The smallest absolute Gasteiger partial charge is 0.227 e. The van der Waals surface area contributed by atoms with Gasteiger partial charge in [-0.2, -0.15) is 0 Å². The molecule has 0 aliphatic rings. The lowest BCUT2D eigenvalue weighted by Crippen LogP contribution is -2.16. The van der Waals surface area contributed by atoms with E-state index in [-0.39, 0.29) is 5.91 Å². The number of carbonyl (C=O) groups excluding carboxylic acids is 1. The second kappa shape index (κ2) is 7.27. The van der Waals surface area contributed by atoms with Crippen LogP contribution in [0.5, 0.6) is 5.75 Å². The molecule has 0 heterocycles. The van der Waals surface area contributed by atoms with Gasteiger partial charge < -0.3 is 10.1 Å². The van der Waals surface area contributed by atoms with Crippen LogP contribution in [0.2, 0.25) is 0 Å². The Morgan fingerprint density at radius 2 is 1.76 bits per heavy atom. The summed E-state index contributed by atoms with van der Waals surface area (Å²) < 4.78 is 6.54. The number of hydrogen-bond donors (Lipinski definition) is 1. The maximum absolute atomic E-state index is 12.0. The highest BCUT2D eigenvalue weighted by Gasteiger charge is 2.08. The highest BCUT2D eigenvalue weighted by atomic mass is 79.9. The third-order valence-corrected chi connectivity index (χ3v) is 3.56. The molecule has 2 rings (SSSR count). The predicted octanol–water partition coefficient (Wildman–Crippen LogP) is 4.47. The van der Waals surface area contributed by atoms with Crippen LogP contribution in [0.15, 0.2) is 46.9 Å². The molecule has 4 heteroatoms. The van der Waals surface area contributed by atoms with Gasteiger partial charge in [-0.25, -0.2) is 0 Å². The molecule has 2 aromatic rings. The number of nitrogens with one attached hydrogen (secondary N) is 1. The fraction of sp³-hybridized carbons (Fsp3) is 0.235. The Bertz CT molecular complexity index is 603. The van der Waals surface area contributed by atoms with Crippen molar-refractivity contribution in [2.24, 2.45) is 0 Å². The van der Waals surface area contributed by atoms with E-state index in [1.54, 1.807) is 0 Å². The Kier molecular flexibility index (Phi) is 5.39. The molecule has 110 valence electrons. The number of ether oxygens (including phenoxy) is 1. The molecule has 0 bridgehead atoms. The van der Waals surface area contributed by atoms with Crippen LogP contribution in [-0.4, -0.2) is 12.5 Å². The van der Waals surface area contributed by atoms with E-state index < -0.39 is 0 Å². The van der Waals surface area contributed by atoms with Gasteiger partial charge in [-0.15, -0.1) is 0 Å². The van der Waals surface area contributed by atoms with E-state index in [1.165, 1.54) is 0 Å².